The van der Waals surface area contributed by atoms with Gasteiger partial charge in [-0.15, -0.1) is 0 Å². The maximum absolute atomic E-state index is 11.0. The molecule has 0 amide bonds. The summed E-state index contributed by atoms with van der Waals surface area (Å²) in [5.41, 5.74) is 10.4. The highest BCUT2D eigenvalue weighted by molar-refractivity contribution is 5.68. The second-order valence-corrected chi connectivity index (χ2v) is 8.37. The van der Waals surface area contributed by atoms with E-state index in [2.05, 4.69) is 43.8 Å². The van der Waals surface area contributed by atoms with Crippen LogP contribution in [0.1, 0.15) is 49.3 Å². The molecular weight excluding hydrogens is 378 g/mol. The fourth-order valence-electron chi connectivity index (χ4n) is 4.92. The zero-order valence-corrected chi connectivity index (χ0v) is 16.9. The summed E-state index contributed by atoms with van der Waals surface area (Å²) in [7, 11) is 0. The molecule has 1 saturated carbocycles. The number of aromatic nitrogens is 4. The van der Waals surface area contributed by atoms with Crippen LogP contribution >= 0.6 is 0 Å². The Labute approximate surface area is 176 Å². The molecule has 2 aromatic heterocycles. The molecule has 1 aliphatic carbocycles. The number of nitrogens with zero attached hydrogens (tertiary/aromatic N) is 4. The summed E-state index contributed by atoms with van der Waals surface area (Å²) < 4.78 is 8.24. The van der Waals surface area contributed by atoms with Crippen molar-refractivity contribution in [2.24, 2.45) is 5.92 Å². The highest BCUT2D eigenvalue weighted by Gasteiger charge is 2.33. The molecule has 7 heteroatoms. The van der Waals surface area contributed by atoms with Gasteiger partial charge in [-0.3, -0.25) is 0 Å². The van der Waals surface area contributed by atoms with Crippen molar-refractivity contribution in [3.05, 3.63) is 60.4 Å². The lowest BCUT2D eigenvalue weighted by atomic mass is 9.81. The molecule has 1 aromatic carbocycles. The average molecular weight is 406 g/mol. The lowest BCUT2D eigenvalue weighted by Gasteiger charge is -2.32. The second kappa shape index (κ2) is 8.16. The first-order chi connectivity index (χ1) is 14.7. The zero-order chi connectivity index (χ0) is 20.5. The summed E-state index contributed by atoms with van der Waals surface area (Å²) >= 11 is 0. The summed E-state index contributed by atoms with van der Waals surface area (Å²) in [6.07, 6.45) is 11.4. The Morgan fingerprint density at radius 3 is 2.80 bits per heavy atom. The van der Waals surface area contributed by atoms with Gasteiger partial charge in [-0.1, -0.05) is 24.3 Å². The molecule has 2 aliphatic rings. The van der Waals surface area contributed by atoms with Crippen LogP contribution in [0.2, 0.25) is 0 Å². The maximum atomic E-state index is 11.0. The minimum Gasteiger partial charge on any atom is -0.393 e. The van der Waals surface area contributed by atoms with Crippen LogP contribution < -0.4 is 5.73 Å². The molecule has 0 saturated heterocycles. The van der Waals surface area contributed by atoms with Crippen LogP contribution in [0.3, 0.4) is 0 Å². The van der Waals surface area contributed by atoms with E-state index in [1.165, 1.54) is 17.5 Å². The molecule has 2 atom stereocenters. The van der Waals surface area contributed by atoms with Gasteiger partial charge in [0.05, 0.1) is 43.1 Å². The van der Waals surface area contributed by atoms with Crippen LogP contribution in [-0.4, -0.2) is 36.8 Å². The molecule has 3 N–H and O–H groups in total. The van der Waals surface area contributed by atoms with Crippen LogP contribution in [0.15, 0.2) is 49.3 Å². The third-order valence-corrected chi connectivity index (χ3v) is 6.62. The first kappa shape index (κ1) is 19.2. The van der Waals surface area contributed by atoms with Crippen molar-refractivity contribution in [3.63, 3.8) is 0 Å². The number of nitrogen functional groups attached to an aromatic ring is 1. The second-order valence-electron chi connectivity index (χ2n) is 8.37. The van der Waals surface area contributed by atoms with Crippen molar-refractivity contribution in [2.45, 2.75) is 57.0 Å². The van der Waals surface area contributed by atoms with Crippen molar-refractivity contribution >= 4 is 5.82 Å². The average Bonchev–Trinajstić information content (AvgIpc) is 3.36. The molecule has 3 aromatic rings. The lowest BCUT2D eigenvalue weighted by molar-refractivity contribution is -0.0159. The van der Waals surface area contributed by atoms with Crippen LogP contribution in [0.25, 0.3) is 11.3 Å². The molecule has 0 bridgehead atoms. The molecule has 5 rings (SSSR count). The quantitative estimate of drug-likeness (QED) is 0.652. The summed E-state index contributed by atoms with van der Waals surface area (Å²) in [5, 5.41) is 11.0. The Balaban J connectivity index is 1.17. The number of rotatable bonds is 6. The maximum Gasteiger partial charge on any atom is 0.132 e. The fourth-order valence-corrected chi connectivity index (χ4v) is 4.92. The van der Waals surface area contributed by atoms with Crippen molar-refractivity contribution < 1.29 is 9.84 Å². The highest BCUT2D eigenvalue weighted by Crippen LogP contribution is 2.42. The van der Waals surface area contributed by atoms with Gasteiger partial charge in [0.15, 0.2) is 0 Å². The summed E-state index contributed by atoms with van der Waals surface area (Å²) in [4.78, 5) is 12.3. The van der Waals surface area contributed by atoms with Crippen molar-refractivity contribution in [2.75, 3.05) is 5.73 Å². The number of anilines is 1. The van der Waals surface area contributed by atoms with Crippen molar-refractivity contribution in [3.8, 4) is 11.3 Å². The minimum absolute atomic E-state index is 0.156. The Morgan fingerprint density at radius 1 is 1.13 bits per heavy atom. The number of aliphatic hydroxyl groups is 1. The number of benzene rings is 1. The van der Waals surface area contributed by atoms with Gasteiger partial charge in [-0.25, -0.2) is 15.0 Å². The van der Waals surface area contributed by atoms with Gasteiger partial charge in [-0.05, 0) is 43.6 Å². The predicted octanol–water partition coefficient (Wildman–Crippen LogP) is 3.35. The molecule has 30 heavy (non-hydrogen) atoms. The Hall–Kier alpha value is -2.77. The van der Waals surface area contributed by atoms with Gasteiger partial charge in [0.2, 0.25) is 0 Å². The van der Waals surface area contributed by atoms with Gasteiger partial charge < -0.3 is 20.1 Å². The molecule has 0 radical (unpaired) electrons. The van der Waals surface area contributed by atoms with E-state index in [1.807, 2.05) is 12.5 Å². The zero-order valence-electron chi connectivity index (χ0n) is 16.9. The Kier molecular flexibility index (Phi) is 5.23. The lowest BCUT2D eigenvalue weighted by Crippen LogP contribution is -2.30. The topological polar surface area (TPSA) is 99.1 Å². The van der Waals surface area contributed by atoms with E-state index < -0.39 is 0 Å². The molecular formula is C23H27N5O2. The molecule has 2 unspecified atom stereocenters. The van der Waals surface area contributed by atoms with E-state index in [0.29, 0.717) is 24.8 Å². The van der Waals surface area contributed by atoms with Crippen LogP contribution in [0.5, 0.6) is 0 Å². The minimum atomic E-state index is -0.337. The largest absolute Gasteiger partial charge is 0.393 e. The van der Waals surface area contributed by atoms with Crippen molar-refractivity contribution in [1.82, 2.24) is 19.5 Å². The van der Waals surface area contributed by atoms with E-state index in [-0.39, 0.29) is 18.2 Å². The number of nitrogens with two attached hydrogens (primary N) is 1. The summed E-state index contributed by atoms with van der Waals surface area (Å²) in [6, 6.07) is 8.60. The number of ether oxygens (including phenoxy) is 1. The van der Waals surface area contributed by atoms with Gasteiger partial charge >= 0.3 is 0 Å². The number of aliphatic hydroxyl groups excluding tert-OH is 1. The van der Waals surface area contributed by atoms with Crippen molar-refractivity contribution in [1.29, 1.82) is 0 Å². The normalized spacial score (nSPS) is 23.7. The van der Waals surface area contributed by atoms with E-state index >= 15 is 0 Å². The Bertz CT molecular complexity index is 1010. The molecule has 1 fully saturated rings. The molecule has 0 spiro atoms. The van der Waals surface area contributed by atoms with Crippen LogP contribution in [0.4, 0.5) is 5.82 Å². The standard InChI is InChI=1S/C23H27N5O2/c24-23-16(10-25-13-27-23)12-30-17-7-5-15(6-8-17)22(29)9-20-18-3-1-2-4-19(18)21-11-26-14-28(20)21/h1-4,10-11,13-15,17,20,22,29H,5-9,12H2,(H2,24,25,27). The first-order valence-corrected chi connectivity index (χ1v) is 10.7. The highest BCUT2D eigenvalue weighted by atomic mass is 16.5. The van der Waals surface area contributed by atoms with E-state index in [4.69, 9.17) is 10.5 Å². The predicted molar refractivity (Wildman–Crippen MR) is 113 cm³/mol. The van der Waals surface area contributed by atoms with E-state index in [9.17, 15) is 5.11 Å². The van der Waals surface area contributed by atoms with Crippen LogP contribution in [0, 0.1) is 5.92 Å². The van der Waals surface area contributed by atoms with E-state index in [1.54, 1.807) is 6.20 Å². The number of hydrogen-bond donors (Lipinski definition) is 2. The van der Waals surface area contributed by atoms with E-state index in [0.717, 1.165) is 36.9 Å². The van der Waals surface area contributed by atoms with Gasteiger partial charge in [0.1, 0.15) is 12.1 Å². The van der Waals surface area contributed by atoms with Gasteiger partial charge in [-0.2, -0.15) is 0 Å². The van der Waals surface area contributed by atoms with Gasteiger partial charge in [0.25, 0.3) is 0 Å². The molecule has 7 nitrogen and oxygen atoms in total. The number of hydrogen-bond acceptors (Lipinski definition) is 6. The Morgan fingerprint density at radius 2 is 1.97 bits per heavy atom. The molecule has 156 valence electrons. The summed E-state index contributed by atoms with van der Waals surface area (Å²) in [5.74, 6) is 0.777. The monoisotopic (exact) mass is 405 g/mol. The smallest absolute Gasteiger partial charge is 0.132 e. The third-order valence-electron chi connectivity index (χ3n) is 6.62. The SMILES string of the molecule is Nc1ncncc1COC1CCC(C(O)CC2c3ccccc3-c3cncn32)CC1. The number of imidazole rings is 1. The third kappa shape index (κ3) is 3.59. The first-order valence-electron chi connectivity index (χ1n) is 10.7. The number of fused-ring (bicyclic) bond motifs is 3. The fraction of sp³-hybridized carbons (Fsp3) is 0.435. The summed E-state index contributed by atoms with van der Waals surface area (Å²) in [6.45, 7) is 0.437. The molecule has 3 heterocycles. The van der Waals surface area contributed by atoms with Gasteiger partial charge in [0, 0.05) is 17.3 Å². The van der Waals surface area contributed by atoms with Crippen LogP contribution in [-0.2, 0) is 11.3 Å². The molecule has 1 aliphatic heterocycles.